The predicted molar refractivity (Wildman–Crippen MR) is 71.0 cm³/mol. The maximum absolute atomic E-state index is 12.6. The summed E-state index contributed by atoms with van der Waals surface area (Å²) >= 11 is 0. The van der Waals surface area contributed by atoms with Crippen molar-refractivity contribution in [3.8, 4) is 5.75 Å². The predicted octanol–water partition coefficient (Wildman–Crippen LogP) is 2.96. The topological polar surface area (TPSA) is 72.0 Å². The number of alkyl halides is 3. The zero-order valence-corrected chi connectivity index (χ0v) is 10.8. The molecule has 0 aliphatic rings. The van der Waals surface area contributed by atoms with Crippen molar-refractivity contribution >= 4 is 5.84 Å². The van der Waals surface area contributed by atoms with Crippen molar-refractivity contribution in [3.63, 3.8) is 0 Å². The quantitative estimate of drug-likeness (QED) is 0.673. The fourth-order valence-electron chi connectivity index (χ4n) is 1.64. The molecule has 21 heavy (non-hydrogen) atoms. The maximum atomic E-state index is 12.6. The van der Waals surface area contributed by atoms with Crippen LogP contribution in [0.25, 0.3) is 0 Å². The van der Waals surface area contributed by atoms with Crippen molar-refractivity contribution in [1.29, 1.82) is 5.41 Å². The minimum Gasteiger partial charge on any atom is -0.489 e. The van der Waals surface area contributed by atoms with Crippen LogP contribution in [0.4, 0.5) is 13.2 Å². The first kappa shape index (κ1) is 14.8. The Kier molecular flexibility index (Phi) is 4.11. The molecule has 2 aromatic rings. The van der Waals surface area contributed by atoms with E-state index < -0.39 is 11.7 Å². The van der Waals surface area contributed by atoms with E-state index in [2.05, 4.69) is 4.98 Å². The molecule has 110 valence electrons. The molecule has 1 aromatic carbocycles. The van der Waals surface area contributed by atoms with E-state index in [0.717, 1.165) is 12.1 Å². The highest BCUT2D eigenvalue weighted by Gasteiger charge is 2.30. The number of amidine groups is 1. The first-order valence-electron chi connectivity index (χ1n) is 5.95. The van der Waals surface area contributed by atoms with Gasteiger partial charge in [-0.3, -0.25) is 10.4 Å². The van der Waals surface area contributed by atoms with Crippen LogP contribution >= 0.6 is 0 Å². The molecule has 0 fully saturated rings. The first-order chi connectivity index (χ1) is 9.86. The molecular formula is C14H12F3N3O. The Morgan fingerprint density at radius 3 is 2.67 bits per heavy atom. The molecule has 1 heterocycles. The highest BCUT2D eigenvalue weighted by molar-refractivity contribution is 5.93. The standard InChI is InChI=1S/C14H12F3N3O/c15-14(16,17)10-2-1-3-11(7-10)21-8-9-4-5-20-12(6-9)13(18)19/h1-7H,8H2,(H3,18,19). The number of nitrogen functional groups attached to an aromatic ring is 1. The van der Waals surface area contributed by atoms with Gasteiger partial charge >= 0.3 is 6.18 Å². The molecule has 0 bridgehead atoms. The largest absolute Gasteiger partial charge is 0.489 e. The van der Waals surface area contributed by atoms with Crippen molar-refractivity contribution in [2.45, 2.75) is 12.8 Å². The lowest BCUT2D eigenvalue weighted by molar-refractivity contribution is -0.137. The zero-order chi connectivity index (χ0) is 15.5. The molecule has 0 radical (unpaired) electrons. The number of nitrogens with zero attached hydrogens (tertiary/aromatic N) is 1. The number of hydrogen-bond donors (Lipinski definition) is 2. The summed E-state index contributed by atoms with van der Waals surface area (Å²) < 4.78 is 43.0. The molecule has 2 rings (SSSR count). The molecule has 3 N–H and O–H groups in total. The number of nitrogens with one attached hydrogen (secondary N) is 1. The molecule has 0 saturated heterocycles. The van der Waals surface area contributed by atoms with Gasteiger partial charge < -0.3 is 10.5 Å². The molecule has 0 saturated carbocycles. The summed E-state index contributed by atoms with van der Waals surface area (Å²) in [4.78, 5) is 3.89. The fraction of sp³-hybridized carbons (Fsp3) is 0.143. The van der Waals surface area contributed by atoms with Crippen LogP contribution in [0.5, 0.6) is 5.75 Å². The average molecular weight is 295 g/mol. The van der Waals surface area contributed by atoms with Gasteiger partial charge in [-0.25, -0.2) is 0 Å². The van der Waals surface area contributed by atoms with Crippen molar-refractivity contribution in [1.82, 2.24) is 4.98 Å². The van der Waals surface area contributed by atoms with Crippen LogP contribution in [0.2, 0.25) is 0 Å². The first-order valence-corrected chi connectivity index (χ1v) is 5.95. The molecule has 7 heteroatoms. The van der Waals surface area contributed by atoms with Gasteiger partial charge in [0.15, 0.2) is 0 Å². The van der Waals surface area contributed by atoms with Crippen LogP contribution in [0, 0.1) is 5.41 Å². The highest BCUT2D eigenvalue weighted by Crippen LogP contribution is 2.31. The summed E-state index contributed by atoms with van der Waals surface area (Å²) in [6.45, 7) is 0.0596. The number of pyridine rings is 1. The van der Waals surface area contributed by atoms with E-state index in [4.69, 9.17) is 15.9 Å². The normalized spacial score (nSPS) is 11.2. The Morgan fingerprint density at radius 1 is 1.24 bits per heavy atom. The Balaban J connectivity index is 2.10. The second-order valence-electron chi connectivity index (χ2n) is 4.28. The molecular weight excluding hydrogens is 283 g/mol. The van der Waals surface area contributed by atoms with E-state index in [1.807, 2.05) is 0 Å². The van der Waals surface area contributed by atoms with Crippen LogP contribution in [0.1, 0.15) is 16.8 Å². The van der Waals surface area contributed by atoms with E-state index in [1.165, 1.54) is 18.3 Å². The summed E-state index contributed by atoms with van der Waals surface area (Å²) in [5.74, 6) is -0.0677. The molecule has 1 aromatic heterocycles. The van der Waals surface area contributed by atoms with E-state index in [0.29, 0.717) is 11.3 Å². The number of hydrogen-bond acceptors (Lipinski definition) is 3. The SMILES string of the molecule is N=C(N)c1cc(COc2cccc(C(F)(F)F)c2)ccn1. The zero-order valence-electron chi connectivity index (χ0n) is 10.8. The maximum Gasteiger partial charge on any atom is 0.416 e. The van der Waals surface area contributed by atoms with Crippen LogP contribution in [-0.4, -0.2) is 10.8 Å². The lowest BCUT2D eigenvalue weighted by Crippen LogP contribution is -2.13. The lowest BCUT2D eigenvalue weighted by atomic mass is 10.2. The van der Waals surface area contributed by atoms with E-state index >= 15 is 0 Å². The average Bonchev–Trinajstić information content (AvgIpc) is 2.45. The summed E-state index contributed by atoms with van der Waals surface area (Å²) in [5.41, 5.74) is 5.50. The van der Waals surface area contributed by atoms with Crippen LogP contribution in [0.15, 0.2) is 42.6 Å². The summed E-state index contributed by atoms with van der Waals surface area (Å²) in [6.07, 6.45) is -2.95. The van der Waals surface area contributed by atoms with E-state index in [-0.39, 0.29) is 18.2 Å². The monoisotopic (exact) mass is 295 g/mol. The number of halogens is 3. The molecule has 0 unspecified atom stereocenters. The highest BCUT2D eigenvalue weighted by atomic mass is 19.4. The number of benzene rings is 1. The molecule has 4 nitrogen and oxygen atoms in total. The van der Waals surface area contributed by atoms with E-state index in [1.54, 1.807) is 12.1 Å². The van der Waals surface area contributed by atoms with Gasteiger partial charge in [-0.15, -0.1) is 0 Å². The minimum absolute atomic E-state index is 0.0596. The smallest absolute Gasteiger partial charge is 0.416 e. The summed E-state index contributed by atoms with van der Waals surface area (Å²) in [5, 5.41) is 7.27. The molecule has 0 amide bonds. The minimum atomic E-state index is -4.40. The Morgan fingerprint density at radius 2 is 2.00 bits per heavy atom. The third-order valence-electron chi connectivity index (χ3n) is 2.67. The Bertz CT molecular complexity index is 656. The number of ether oxygens (including phenoxy) is 1. The second-order valence-corrected chi connectivity index (χ2v) is 4.28. The molecule has 0 atom stereocenters. The van der Waals surface area contributed by atoms with Crippen molar-refractivity contribution in [3.05, 3.63) is 59.4 Å². The Hall–Kier alpha value is -2.57. The Labute approximate surface area is 118 Å². The van der Waals surface area contributed by atoms with Crippen LogP contribution in [-0.2, 0) is 12.8 Å². The number of aromatic nitrogens is 1. The van der Waals surface area contributed by atoms with Gasteiger partial charge in [0, 0.05) is 6.20 Å². The molecule has 0 aliphatic carbocycles. The van der Waals surface area contributed by atoms with Crippen molar-refractivity contribution in [2.24, 2.45) is 5.73 Å². The van der Waals surface area contributed by atoms with Gasteiger partial charge in [-0.05, 0) is 35.9 Å². The molecule has 0 spiro atoms. The van der Waals surface area contributed by atoms with Gasteiger partial charge in [0.1, 0.15) is 23.9 Å². The number of rotatable bonds is 4. The third-order valence-corrected chi connectivity index (χ3v) is 2.67. The number of nitrogens with two attached hydrogens (primary N) is 1. The summed E-state index contributed by atoms with van der Waals surface area (Å²) in [7, 11) is 0. The van der Waals surface area contributed by atoms with Gasteiger partial charge in [0.25, 0.3) is 0 Å². The molecule has 0 aliphatic heterocycles. The van der Waals surface area contributed by atoms with Gasteiger partial charge in [-0.1, -0.05) is 6.07 Å². The van der Waals surface area contributed by atoms with Gasteiger partial charge in [-0.2, -0.15) is 13.2 Å². The van der Waals surface area contributed by atoms with Gasteiger partial charge in [0.05, 0.1) is 5.56 Å². The second kappa shape index (κ2) is 5.82. The van der Waals surface area contributed by atoms with Gasteiger partial charge in [0.2, 0.25) is 0 Å². The lowest BCUT2D eigenvalue weighted by Gasteiger charge is -2.10. The third kappa shape index (κ3) is 3.95. The van der Waals surface area contributed by atoms with Crippen molar-refractivity contribution in [2.75, 3.05) is 0 Å². The van der Waals surface area contributed by atoms with Crippen molar-refractivity contribution < 1.29 is 17.9 Å². The summed E-state index contributed by atoms with van der Waals surface area (Å²) in [6, 6.07) is 7.84. The fourth-order valence-corrected chi connectivity index (χ4v) is 1.64. The van der Waals surface area contributed by atoms with Crippen LogP contribution < -0.4 is 10.5 Å². The van der Waals surface area contributed by atoms with E-state index in [9.17, 15) is 13.2 Å². The van der Waals surface area contributed by atoms with Crippen LogP contribution in [0.3, 0.4) is 0 Å².